The van der Waals surface area contributed by atoms with Crippen LogP contribution in [0.15, 0.2) is 41.7 Å². The van der Waals surface area contributed by atoms with E-state index in [2.05, 4.69) is 0 Å². The van der Waals surface area contributed by atoms with Crippen LogP contribution in [0.3, 0.4) is 0 Å². The highest BCUT2D eigenvalue weighted by atomic mass is 28.4. The van der Waals surface area contributed by atoms with Gasteiger partial charge in [-0.1, -0.05) is 30.3 Å². The number of nitriles is 1. The molecule has 0 spiro atoms. The predicted octanol–water partition coefficient (Wildman–Crippen LogP) is 3.55. The van der Waals surface area contributed by atoms with Gasteiger partial charge in [-0.25, -0.2) is 4.79 Å². The minimum absolute atomic E-state index is 0.210. The molecule has 19 heavy (non-hydrogen) atoms. The van der Waals surface area contributed by atoms with E-state index >= 15 is 0 Å². The van der Waals surface area contributed by atoms with E-state index in [1.165, 1.54) is 0 Å². The average Bonchev–Trinajstić information content (AvgIpc) is 2.37. The number of allylic oxidation sites excluding steroid dienone is 3. The lowest BCUT2D eigenvalue weighted by atomic mass is 10.00. The number of hydrogen-bond acceptors (Lipinski definition) is 3. The SMILES string of the molecule is C/C(C(=C=O)c1ccccc1)=C(\C#N)O[Si](C)(C)C. The Bertz CT molecular complexity index is 570. The first-order valence-corrected chi connectivity index (χ1v) is 9.40. The van der Waals surface area contributed by atoms with Crippen LogP contribution in [0.4, 0.5) is 0 Å². The van der Waals surface area contributed by atoms with Gasteiger partial charge < -0.3 is 4.43 Å². The molecule has 0 aliphatic rings. The Morgan fingerprint density at radius 3 is 2.21 bits per heavy atom. The van der Waals surface area contributed by atoms with Crippen molar-refractivity contribution < 1.29 is 9.22 Å². The molecule has 0 saturated carbocycles. The van der Waals surface area contributed by atoms with Gasteiger partial charge in [-0.05, 0) is 32.1 Å². The van der Waals surface area contributed by atoms with Gasteiger partial charge in [-0.3, -0.25) is 0 Å². The molecule has 0 fully saturated rings. The summed E-state index contributed by atoms with van der Waals surface area (Å²) in [5.41, 5.74) is 1.64. The van der Waals surface area contributed by atoms with E-state index in [0.717, 1.165) is 5.56 Å². The van der Waals surface area contributed by atoms with Crippen molar-refractivity contribution in [2.75, 3.05) is 0 Å². The highest BCUT2D eigenvalue weighted by Crippen LogP contribution is 2.24. The molecular formula is C15H17NO2Si. The number of hydrogen-bond donors (Lipinski definition) is 0. The van der Waals surface area contributed by atoms with Crippen LogP contribution in [0.1, 0.15) is 12.5 Å². The Hall–Kier alpha value is -2.08. The summed E-state index contributed by atoms with van der Waals surface area (Å²) in [5, 5.41) is 9.20. The molecule has 0 amide bonds. The first-order chi connectivity index (χ1) is 8.89. The maximum Gasteiger partial charge on any atom is 0.243 e. The summed E-state index contributed by atoms with van der Waals surface area (Å²) in [6.07, 6.45) is 0. The van der Waals surface area contributed by atoms with Crippen molar-refractivity contribution in [2.24, 2.45) is 0 Å². The lowest BCUT2D eigenvalue weighted by Crippen LogP contribution is -2.25. The van der Waals surface area contributed by atoms with Crippen molar-refractivity contribution in [1.29, 1.82) is 5.26 Å². The van der Waals surface area contributed by atoms with Gasteiger partial charge >= 0.3 is 0 Å². The highest BCUT2D eigenvalue weighted by Gasteiger charge is 2.20. The largest absolute Gasteiger partial charge is 0.537 e. The third kappa shape index (κ3) is 4.25. The van der Waals surface area contributed by atoms with Crippen molar-refractivity contribution in [3.63, 3.8) is 0 Å². The first kappa shape index (κ1) is 15.0. The van der Waals surface area contributed by atoms with E-state index in [1.807, 2.05) is 62.0 Å². The van der Waals surface area contributed by atoms with E-state index in [-0.39, 0.29) is 5.76 Å². The topological polar surface area (TPSA) is 50.1 Å². The average molecular weight is 271 g/mol. The van der Waals surface area contributed by atoms with Gasteiger partial charge in [0.15, 0.2) is 5.76 Å². The Morgan fingerprint density at radius 2 is 1.79 bits per heavy atom. The minimum atomic E-state index is -1.89. The summed E-state index contributed by atoms with van der Waals surface area (Å²) in [6.45, 7) is 7.69. The fourth-order valence-electron chi connectivity index (χ4n) is 1.56. The molecule has 0 unspecified atom stereocenters. The lowest BCUT2D eigenvalue weighted by Gasteiger charge is -2.19. The first-order valence-electron chi connectivity index (χ1n) is 6.00. The molecule has 98 valence electrons. The lowest BCUT2D eigenvalue weighted by molar-refractivity contribution is 0.441. The van der Waals surface area contributed by atoms with Gasteiger partial charge in [0.05, 0.1) is 5.57 Å². The summed E-state index contributed by atoms with van der Waals surface area (Å²) in [6, 6.07) is 11.2. The monoisotopic (exact) mass is 271 g/mol. The molecule has 1 aromatic carbocycles. The normalized spacial score (nSPS) is 11.9. The summed E-state index contributed by atoms with van der Waals surface area (Å²) < 4.78 is 5.71. The second-order valence-electron chi connectivity index (χ2n) is 5.12. The fourth-order valence-corrected chi connectivity index (χ4v) is 2.37. The molecule has 0 heterocycles. The molecule has 4 heteroatoms. The minimum Gasteiger partial charge on any atom is -0.537 e. The van der Waals surface area contributed by atoms with Crippen LogP contribution in [-0.4, -0.2) is 14.3 Å². The van der Waals surface area contributed by atoms with Gasteiger partial charge in [0.1, 0.15) is 12.0 Å². The van der Waals surface area contributed by atoms with Gasteiger partial charge in [0.25, 0.3) is 0 Å². The van der Waals surface area contributed by atoms with Crippen LogP contribution in [0, 0.1) is 11.3 Å². The molecule has 0 saturated heterocycles. The van der Waals surface area contributed by atoms with Gasteiger partial charge in [0, 0.05) is 5.57 Å². The second-order valence-corrected chi connectivity index (χ2v) is 9.55. The maximum absolute atomic E-state index is 11.2. The smallest absolute Gasteiger partial charge is 0.243 e. The van der Waals surface area contributed by atoms with Crippen LogP contribution in [-0.2, 0) is 9.22 Å². The number of nitrogens with zero attached hydrogens (tertiary/aromatic N) is 1. The molecule has 0 atom stereocenters. The quantitative estimate of drug-likeness (QED) is 0.277. The van der Waals surface area contributed by atoms with Crippen molar-refractivity contribution in [3.8, 4) is 6.07 Å². The zero-order valence-corrected chi connectivity index (χ0v) is 12.7. The fraction of sp³-hybridized carbons (Fsp3) is 0.267. The zero-order valence-electron chi connectivity index (χ0n) is 11.7. The zero-order chi connectivity index (χ0) is 14.5. The molecular weight excluding hydrogens is 254 g/mol. The standard InChI is InChI=1S/C15H17NO2Si/c1-12(15(10-16)18-19(2,3)4)14(11-17)13-8-6-5-7-9-13/h5-9H,1-4H3/b15-12-. The molecule has 0 aromatic heterocycles. The third-order valence-corrected chi connectivity index (χ3v) is 3.21. The molecule has 0 radical (unpaired) electrons. The van der Waals surface area contributed by atoms with Crippen LogP contribution >= 0.6 is 0 Å². The van der Waals surface area contributed by atoms with Crippen molar-refractivity contribution >= 4 is 19.8 Å². The van der Waals surface area contributed by atoms with Gasteiger partial charge in [-0.15, -0.1) is 0 Å². The van der Waals surface area contributed by atoms with Gasteiger partial charge in [0.2, 0.25) is 8.32 Å². The summed E-state index contributed by atoms with van der Waals surface area (Å²) in [5.74, 6) is 2.12. The van der Waals surface area contributed by atoms with E-state index in [9.17, 15) is 10.1 Å². The van der Waals surface area contributed by atoms with E-state index in [1.54, 1.807) is 6.92 Å². The Morgan fingerprint density at radius 1 is 1.21 bits per heavy atom. The Kier molecular flexibility index (Phi) is 4.88. The van der Waals surface area contributed by atoms with Crippen LogP contribution in [0.2, 0.25) is 19.6 Å². The summed E-state index contributed by atoms with van der Waals surface area (Å²) in [4.78, 5) is 11.2. The molecule has 0 aliphatic heterocycles. The number of rotatable bonds is 4. The predicted molar refractivity (Wildman–Crippen MR) is 78.3 cm³/mol. The molecule has 3 nitrogen and oxygen atoms in total. The molecule has 0 N–H and O–H groups in total. The molecule has 1 rings (SSSR count). The van der Waals surface area contributed by atoms with Crippen LogP contribution < -0.4 is 0 Å². The maximum atomic E-state index is 11.2. The highest BCUT2D eigenvalue weighted by molar-refractivity contribution is 6.70. The van der Waals surface area contributed by atoms with E-state index in [0.29, 0.717) is 11.1 Å². The molecule has 0 aliphatic carbocycles. The Balaban J connectivity index is 3.25. The van der Waals surface area contributed by atoms with Crippen LogP contribution in [0.25, 0.3) is 5.57 Å². The number of carbonyl (C=O) groups excluding carboxylic acids is 1. The van der Waals surface area contributed by atoms with Crippen LogP contribution in [0.5, 0.6) is 0 Å². The molecule has 0 bridgehead atoms. The summed E-state index contributed by atoms with van der Waals surface area (Å²) in [7, 11) is -1.89. The third-order valence-electron chi connectivity index (χ3n) is 2.39. The molecule has 1 aromatic rings. The van der Waals surface area contributed by atoms with E-state index < -0.39 is 8.32 Å². The Labute approximate surface area is 115 Å². The van der Waals surface area contributed by atoms with Crippen molar-refractivity contribution in [2.45, 2.75) is 26.6 Å². The van der Waals surface area contributed by atoms with Crippen molar-refractivity contribution in [1.82, 2.24) is 0 Å². The summed E-state index contributed by atoms with van der Waals surface area (Å²) >= 11 is 0. The second kappa shape index (κ2) is 6.19. The van der Waals surface area contributed by atoms with Gasteiger partial charge in [-0.2, -0.15) is 5.26 Å². The number of benzene rings is 1. The van der Waals surface area contributed by atoms with Crippen molar-refractivity contribution in [3.05, 3.63) is 47.2 Å². The van der Waals surface area contributed by atoms with E-state index in [4.69, 9.17) is 4.43 Å².